The molecule has 0 radical (unpaired) electrons. The molecule has 1 atom stereocenters. The highest BCUT2D eigenvalue weighted by atomic mass is 79.9. The molecule has 102 valence electrons. The zero-order valence-electron chi connectivity index (χ0n) is 10.3. The SMILES string of the molecule is CC(C(=O)O)(c1cc(Br)ccc1F)N(C=O)C1CC1. The Labute approximate surface area is 118 Å². The predicted octanol–water partition coefficient (Wildman–Crippen LogP) is 2.51. The molecule has 2 rings (SSSR count). The maximum Gasteiger partial charge on any atom is 0.334 e. The van der Waals surface area contributed by atoms with Gasteiger partial charge in [-0.05, 0) is 38.0 Å². The van der Waals surface area contributed by atoms with E-state index < -0.39 is 17.3 Å². The van der Waals surface area contributed by atoms with Crippen molar-refractivity contribution in [3.8, 4) is 0 Å². The predicted molar refractivity (Wildman–Crippen MR) is 70.0 cm³/mol. The van der Waals surface area contributed by atoms with Gasteiger partial charge in [-0.1, -0.05) is 15.9 Å². The highest BCUT2D eigenvalue weighted by molar-refractivity contribution is 9.10. The van der Waals surface area contributed by atoms with Crippen LogP contribution in [0.2, 0.25) is 0 Å². The van der Waals surface area contributed by atoms with Gasteiger partial charge in [-0.2, -0.15) is 0 Å². The number of hydrogen-bond donors (Lipinski definition) is 1. The van der Waals surface area contributed by atoms with Crippen molar-refractivity contribution in [2.75, 3.05) is 0 Å². The summed E-state index contributed by atoms with van der Waals surface area (Å²) in [5.41, 5.74) is -1.72. The first-order valence-corrected chi connectivity index (χ1v) is 6.63. The van der Waals surface area contributed by atoms with E-state index in [9.17, 15) is 19.1 Å². The summed E-state index contributed by atoms with van der Waals surface area (Å²) in [6, 6.07) is 3.96. The van der Waals surface area contributed by atoms with Crippen LogP contribution in [0.1, 0.15) is 25.3 Å². The third kappa shape index (κ3) is 2.36. The molecule has 1 saturated carbocycles. The first kappa shape index (κ1) is 14.0. The summed E-state index contributed by atoms with van der Waals surface area (Å²) < 4.78 is 14.5. The van der Waals surface area contributed by atoms with Gasteiger partial charge in [0.2, 0.25) is 6.41 Å². The topological polar surface area (TPSA) is 57.6 Å². The first-order valence-electron chi connectivity index (χ1n) is 5.84. The van der Waals surface area contributed by atoms with Gasteiger partial charge in [0.25, 0.3) is 0 Å². The molecule has 0 heterocycles. The van der Waals surface area contributed by atoms with Crippen LogP contribution in [-0.4, -0.2) is 28.4 Å². The fourth-order valence-electron chi connectivity index (χ4n) is 2.14. The fraction of sp³-hybridized carbons (Fsp3) is 0.385. The Morgan fingerprint density at radius 3 is 2.68 bits per heavy atom. The zero-order chi connectivity index (χ0) is 14.2. The molecule has 1 unspecified atom stereocenters. The Hall–Kier alpha value is -1.43. The second-order valence-corrected chi connectivity index (χ2v) is 5.66. The van der Waals surface area contributed by atoms with Crippen molar-refractivity contribution in [3.05, 3.63) is 34.1 Å². The van der Waals surface area contributed by atoms with E-state index in [2.05, 4.69) is 15.9 Å². The molecule has 1 aliphatic carbocycles. The first-order chi connectivity index (χ1) is 8.91. The lowest BCUT2D eigenvalue weighted by Crippen LogP contribution is -2.50. The summed E-state index contributed by atoms with van der Waals surface area (Å²) in [6.07, 6.45) is 1.99. The maximum atomic E-state index is 14.0. The quantitative estimate of drug-likeness (QED) is 0.844. The van der Waals surface area contributed by atoms with E-state index >= 15 is 0 Å². The molecule has 19 heavy (non-hydrogen) atoms. The Morgan fingerprint density at radius 1 is 1.58 bits per heavy atom. The van der Waals surface area contributed by atoms with E-state index in [1.165, 1.54) is 30.0 Å². The van der Waals surface area contributed by atoms with Gasteiger partial charge in [0, 0.05) is 16.1 Å². The minimum atomic E-state index is -1.70. The summed E-state index contributed by atoms with van der Waals surface area (Å²) in [4.78, 5) is 24.1. The smallest absolute Gasteiger partial charge is 0.334 e. The average molecular weight is 330 g/mol. The van der Waals surface area contributed by atoms with Crippen molar-refractivity contribution in [1.82, 2.24) is 4.90 Å². The van der Waals surface area contributed by atoms with Crippen molar-refractivity contribution in [2.24, 2.45) is 0 Å². The van der Waals surface area contributed by atoms with Gasteiger partial charge < -0.3 is 10.0 Å². The van der Waals surface area contributed by atoms with Crippen LogP contribution in [0.5, 0.6) is 0 Å². The van der Waals surface area contributed by atoms with Gasteiger partial charge in [0.05, 0.1) is 0 Å². The summed E-state index contributed by atoms with van der Waals surface area (Å²) in [7, 11) is 0. The summed E-state index contributed by atoms with van der Waals surface area (Å²) >= 11 is 3.20. The minimum absolute atomic E-state index is 0.0200. The Bertz CT molecular complexity index is 533. The molecular weight excluding hydrogens is 317 g/mol. The second-order valence-electron chi connectivity index (χ2n) is 4.75. The lowest BCUT2D eigenvalue weighted by atomic mass is 9.89. The van der Waals surface area contributed by atoms with E-state index in [0.717, 1.165) is 12.8 Å². The molecule has 1 N–H and O–H groups in total. The summed E-state index contributed by atoms with van der Waals surface area (Å²) in [5.74, 6) is -1.89. The standard InChI is InChI=1S/C13H13BrFNO3/c1-13(12(18)19,16(7-17)9-3-4-9)10-6-8(14)2-5-11(10)15/h2,5-7,9H,3-4H2,1H3,(H,18,19). The van der Waals surface area contributed by atoms with E-state index in [1.807, 2.05) is 0 Å². The summed E-state index contributed by atoms with van der Waals surface area (Å²) in [5, 5.41) is 9.50. The van der Waals surface area contributed by atoms with Gasteiger partial charge in [-0.15, -0.1) is 0 Å². The number of hydrogen-bond acceptors (Lipinski definition) is 2. The Morgan fingerprint density at radius 2 is 2.21 bits per heavy atom. The lowest BCUT2D eigenvalue weighted by Gasteiger charge is -2.36. The van der Waals surface area contributed by atoms with Gasteiger partial charge in [-0.25, -0.2) is 9.18 Å². The van der Waals surface area contributed by atoms with Crippen molar-refractivity contribution in [2.45, 2.75) is 31.3 Å². The summed E-state index contributed by atoms with van der Waals surface area (Å²) in [6.45, 7) is 1.35. The van der Waals surface area contributed by atoms with E-state index in [0.29, 0.717) is 10.9 Å². The lowest BCUT2D eigenvalue weighted by molar-refractivity contribution is -0.155. The molecule has 1 aromatic carbocycles. The molecule has 0 saturated heterocycles. The van der Waals surface area contributed by atoms with Crippen LogP contribution in [-0.2, 0) is 15.1 Å². The third-order valence-electron chi connectivity index (χ3n) is 3.44. The third-order valence-corrected chi connectivity index (χ3v) is 3.93. The normalized spacial score (nSPS) is 17.6. The molecule has 0 spiro atoms. The van der Waals surface area contributed by atoms with Crippen molar-refractivity contribution < 1.29 is 19.1 Å². The minimum Gasteiger partial charge on any atom is -0.479 e. The van der Waals surface area contributed by atoms with Crippen LogP contribution < -0.4 is 0 Å². The number of benzene rings is 1. The fourth-order valence-corrected chi connectivity index (χ4v) is 2.51. The molecule has 1 aliphatic rings. The number of halogens is 2. The van der Waals surface area contributed by atoms with Crippen LogP contribution >= 0.6 is 15.9 Å². The monoisotopic (exact) mass is 329 g/mol. The van der Waals surface area contributed by atoms with Gasteiger partial charge in [0.1, 0.15) is 5.82 Å². The van der Waals surface area contributed by atoms with E-state index in [-0.39, 0.29) is 11.6 Å². The van der Waals surface area contributed by atoms with Crippen molar-refractivity contribution in [1.29, 1.82) is 0 Å². The number of carboxylic acid groups (broad SMARTS) is 1. The number of carbonyl (C=O) groups is 2. The van der Waals surface area contributed by atoms with Crippen LogP contribution in [0.4, 0.5) is 4.39 Å². The molecule has 0 bridgehead atoms. The molecular formula is C13H13BrFNO3. The van der Waals surface area contributed by atoms with Crippen LogP contribution in [0.25, 0.3) is 0 Å². The maximum absolute atomic E-state index is 14.0. The Kier molecular flexibility index (Phi) is 3.62. The van der Waals surface area contributed by atoms with Gasteiger partial charge in [0.15, 0.2) is 5.54 Å². The molecule has 1 aromatic rings. The molecule has 4 nitrogen and oxygen atoms in total. The van der Waals surface area contributed by atoms with Gasteiger partial charge in [-0.3, -0.25) is 4.79 Å². The van der Waals surface area contributed by atoms with Crippen LogP contribution in [0.15, 0.2) is 22.7 Å². The molecule has 6 heteroatoms. The number of rotatable bonds is 5. The highest BCUT2D eigenvalue weighted by Crippen LogP contribution is 2.39. The Balaban J connectivity index is 2.57. The number of amides is 1. The van der Waals surface area contributed by atoms with E-state index in [1.54, 1.807) is 0 Å². The molecule has 1 fully saturated rings. The number of nitrogens with zero attached hydrogens (tertiary/aromatic N) is 1. The molecule has 0 aromatic heterocycles. The van der Waals surface area contributed by atoms with Crippen molar-refractivity contribution >= 4 is 28.3 Å². The van der Waals surface area contributed by atoms with E-state index in [4.69, 9.17) is 0 Å². The zero-order valence-corrected chi connectivity index (χ0v) is 11.9. The molecule has 0 aliphatic heterocycles. The molecule has 1 amide bonds. The number of carboxylic acids is 1. The number of carbonyl (C=O) groups excluding carboxylic acids is 1. The largest absolute Gasteiger partial charge is 0.479 e. The highest BCUT2D eigenvalue weighted by Gasteiger charge is 2.48. The number of aliphatic carboxylic acids is 1. The van der Waals surface area contributed by atoms with Gasteiger partial charge >= 0.3 is 5.97 Å². The average Bonchev–Trinajstić information content (AvgIpc) is 3.17. The van der Waals surface area contributed by atoms with Crippen molar-refractivity contribution in [3.63, 3.8) is 0 Å². The van der Waals surface area contributed by atoms with Crippen LogP contribution in [0, 0.1) is 5.82 Å². The van der Waals surface area contributed by atoms with Crippen LogP contribution in [0.3, 0.4) is 0 Å². The second kappa shape index (κ2) is 4.92.